The third-order valence-corrected chi connectivity index (χ3v) is 5.82. The molecule has 0 radical (unpaired) electrons. The van der Waals surface area contributed by atoms with Gasteiger partial charge in [-0.15, -0.1) is 0 Å². The van der Waals surface area contributed by atoms with Crippen LogP contribution in [0.25, 0.3) is 22.3 Å². The number of nitrogens with zero attached hydrogens (tertiary/aromatic N) is 4. The summed E-state index contributed by atoms with van der Waals surface area (Å²) in [6, 6.07) is 7.76. The zero-order valence-corrected chi connectivity index (χ0v) is 17.1. The van der Waals surface area contributed by atoms with Gasteiger partial charge >= 0.3 is 0 Å². The Kier molecular flexibility index (Phi) is 4.74. The van der Waals surface area contributed by atoms with E-state index >= 15 is 0 Å². The van der Waals surface area contributed by atoms with Crippen molar-refractivity contribution < 1.29 is 14.9 Å². The highest BCUT2D eigenvalue weighted by molar-refractivity contribution is 5.98. The van der Waals surface area contributed by atoms with Crippen LogP contribution >= 0.6 is 0 Å². The molecule has 0 saturated carbocycles. The second-order valence-electron chi connectivity index (χ2n) is 8.01. The fraction of sp³-hybridized carbons (Fsp3) is 0.318. The minimum Gasteiger partial charge on any atom is -0.508 e. The smallest absolute Gasteiger partial charge is 0.164 e. The molecule has 2 aliphatic rings. The standard InChI is InChI=1S/C22H24N6O3/c1-12-8-16(29)17(30)9-18(12)31-15-4-2-13(3-5-15)20-19-21(23)25-11-26-22(19)28(27-20)14-6-7-24-10-14/h2-5,9,11-12,14,24,29-30H,6-8,10H2,1H3,(H2,23,25,26)/t12?,14-/m1/s1. The lowest BCUT2D eigenvalue weighted by Gasteiger charge is -2.20. The van der Waals surface area contributed by atoms with Crippen molar-refractivity contribution in [2.24, 2.45) is 5.92 Å². The summed E-state index contributed by atoms with van der Waals surface area (Å²) in [6.45, 7) is 3.73. The summed E-state index contributed by atoms with van der Waals surface area (Å²) in [6.07, 6.45) is 4.26. The quantitative estimate of drug-likeness (QED) is 0.506. The number of benzene rings is 1. The SMILES string of the molecule is CC1CC(O)=C(O)C=C1Oc1ccc(-c2nn([C@@H]3CCNC3)c3ncnc(N)c23)cc1. The van der Waals surface area contributed by atoms with Crippen molar-refractivity contribution in [3.8, 4) is 17.0 Å². The van der Waals surface area contributed by atoms with Crippen molar-refractivity contribution >= 4 is 16.9 Å². The van der Waals surface area contributed by atoms with E-state index in [-0.39, 0.29) is 23.5 Å². The van der Waals surface area contributed by atoms with Crippen molar-refractivity contribution in [1.29, 1.82) is 0 Å². The Labute approximate surface area is 178 Å². The predicted molar refractivity (Wildman–Crippen MR) is 116 cm³/mol. The molecular weight excluding hydrogens is 396 g/mol. The Balaban J connectivity index is 1.48. The third kappa shape index (κ3) is 3.46. The van der Waals surface area contributed by atoms with E-state index in [1.807, 2.05) is 35.9 Å². The first-order chi connectivity index (χ1) is 15.0. The number of ether oxygens (including phenoxy) is 1. The zero-order valence-electron chi connectivity index (χ0n) is 17.1. The van der Waals surface area contributed by atoms with Crippen LogP contribution in [0.5, 0.6) is 5.75 Å². The molecule has 3 aromatic rings. The van der Waals surface area contributed by atoms with E-state index in [4.69, 9.17) is 15.6 Å². The highest BCUT2D eigenvalue weighted by Gasteiger charge is 2.25. The van der Waals surface area contributed by atoms with Gasteiger partial charge in [0.25, 0.3) is 0 Å². The molecule has 3 heterocycles. The summed E-state index contributed by atoms with van der Waals surface area (Å²) in [5, 5.41) is 28.4. The lowest BCUT2D eigenvalue weighted by molar-refractivity contribution is 0.268. The van der Waals surface area contributed by atoms with E-state index in [0.717, 1.165) is 41.8 Å². The van der Waals surface area contributed by atoms with E-state index in [1.54, 1.807) is 0 Å². The maximum Gasteiger partial charge on any atom is 0.164 e. The Morgan fingerprint density at radius 3 is 2.74 bits per heavy atom. The van der Waals surface area contributed by atoms with Gasteiger partial charge in [0.2, 0.25) is 0 Å². The van der Waals surface area contributed by atoms with Crippen LogP contribution in [0.1, 0.15) is 25.8 Å². The average Bonchev–Trinajstić information content (AvgIpc) is 3.41. The molecule has 0 spiro atoms. The largest absolute Gasteiger partial charge is 0.508 e. The maximum atomic E-state index is 9.79. The van der Waals surface area contributed by atoms with E-state index in [0.29, 0.717) is 23.7 Å². The van der Waals surface area contributed by atoms with Crippen LogP contribution in [-0.2, 0) is 0 Å². The van der Waals surface area contributed by atoms with E-state index in [1.165, 1.54) is 12.4 Å². The Bertz CT molecular complexity index is 1190. The van der Waals surface area contributed by atoms with Gasteiger partial charge in [-0.25, -0.2) is 14.6 Å². The number of allylic oxidation sites excluding steroid dienone is 3. The molecule has 1 saturated heterocycles. The van der Waals surface area contributed by atoms with Crippen LogP contribution in [0, 0.1) is 5.92 Å². The summed E-state index contributed by atoms with van der Waals surface area (Å²) in [7, 11) is 0. The first kappa shape index (κ1) is 19.4. The molecule has 1 unspecified atom stereocenters. The van der Waals surface area contributed by atoms with Crippen molar-refractivity contribution in [3.63, 3.8) is 0 Å². The number of anilines is 1. The molecule has 31 heavy (non-hydrogen) atoms. The molecule has 2 atom stereocenters. The molecule has 0 bridgehead atoms. The van der Waals surface area contributed by atoms with Crippen LogP contribution < -0.4 is 15.8 Å². The van der Waals surface area contributed by atoms with E-state index in [9.17, 15) is 10.2 Å². The van der Waals surface area contributed by atoms with Crippen molar-refractivity contribution in [3.05, 3.63) is 53.9 Å². The lowest BCUT2D eigenvalue weighted by atomic mass is 9.98. The number of nitrogens with one attached hydrogen (secondary N) is 1. The average molecular weight is 420 g/mol. The number of aliphatic hydroxyl groups excluding tert-OH is 2. The van der Waals surface area contributed by atoms with Gasteiger partial charge in [0, 0.05) is 30.5 Å². The van der Waals surface area contributed by atoms with Crippen molar-refractivity contribution in [2.45, 2.75) is 25.8 Å². The lowest BCUT2D eigenvalue weighted by Crippen LogP contribution is -2.15. The van der Waals surface area contributed by atoms with Crippen LogP contribution in [0.4, 0.5) is 5.82 Å². The van der Waals surface area contributed by atoms with Gasteiger partial charge in [-0.05, 0) is 37.2 Å². The zero-order chi connectivity index (χ0) is 21.5. The predicted octanol–water partition coefficient (Wildman–Crippen LogP) is 3.24. The minimum atomic E-state index is -0.154. The van der Waals surface area contributed by atoms with Crippen molar-refractivity contribution in [2.75, 3.05) is 18.8 Å². The van der Waals surface area contributed by atoms with Gasteiger partial charge in [-0.2, -0.15) is 5.10 Å². The first-order valence-electron chi connectivity index (χ1n) is 10.3. The monoisotopic (exact) mass is 420 g/mol. The molecule has 1 aliphatic heterocycles. The van der Waals surface area contributed by atoms with Crippen LogP contribution in [0.3, 0.4) is 0 Å². The number of rotatable bonds is 4. The van der Waals surface area contributed by atoms with Gasteiger partial charge in [-0.3, -0.25) is 0 Å². The fourth-order valence-corrected chi connectivity index (χ4v) is 4.10. The van der Waals surface area contributed by atoms with Gasteiger partial charge in [0.15, 0.2) is 11.4 Å². The maximum absolute atomic E-state index is 9.79. The summed E-state index contributed by atoms with van der Waals surface area (Å²) in [5.41, 5.74) is 8.56. The summed E-state index contributed by atoms with van der Waals surface area (Å²) in [4.78, 5) is 8.62. The van der Waals surface area contributed by atoms with Gasteiger partial charge in [0.05, 0.1) is 11.4 Å². The number of nitrogen functional groups attached to an aromatic ring is 1. The third-order valence-electron chi connectivity index (χ3n) is 5.82. The van der Waals surface area contributed by atoms with E-state index < -0.39 is 0 Å². The molecule has 5 N–H and O–H groups in total. The molecule has 1 aliphatic carbocycles. The summed E-state index contributed by atoms with van der Waals surface area (Å²) in [5.74, 6) is 1.43. The van der Waals surface area contributed by atoms with Crippen LogP contribution in [0.15, 0.2) is 53.9 Å². The summed E-state index contributed by atoms with van der Waals surface area (Å²) >= 11 is 0. The Hall–Kier alpha value is -3.59. The van der Waals surface area contributed by atoms with Gasteiger partial charge in [0.1, 0.15) is 35.1 Å². The van der Waals surface area contributed by atoms with Gasteiger partial charge < -0.3 is 26.0 Å². The number of aromatic nitrogens is 4. The normalized spacial score (nSPS) is 21.5. The number of fused-ring (bicyclic) bond motifs is 1. The molecule has 9 heteroatoms. The molecule has 1 fully saturated rings. The Morgan fingerprint density at radius 1 is 1.19 bits per heavy atom. The molecule has 5 rings (SSSR count). The topological polar surface area (TPSA) is 131 Å². The molecule has 160 valence electrons. The van der Waals surface area contributed by atoms with Crippen LogP contribution in [-0.4, -0.2) is 43.1 Å². The fourth-order valence-electron chi connectivity index (χ4n) is 4.10. The molecule has 2 aromatic heterocycles. The molecule has 9 nitrogen and oxygen atoms in total. The number of aliphatic hydroxyl groups is 2. The number of nitrogens with two attached hydrogens (primary N) is 1. The van der Waals surface area contributed by atoms with E-state index in [2.05, 4.69) is 15.3 Å². The minimum absolute atomic E-state index is 0.0186. The number of hydrogen-bond acceptors (Lipinski definition) is 8. The molecule has 0 amide bonds. The highest BCUT2D eigenvalue weighted by atomic mass is 16.5. The summed E-state index contributed by atoms with van der Waals surface area (Å²) < 4.78 is 7.90. The molecular formula is C22H24N6O3. The van der Waals surface area contributed by atoms with Crippen LogP contribution in [0.2, 0.25) is 0 Å². The van der Waals surface area contributed by atoms with Gasteiger partial charge in [-0.1, -0.05) is 6.92 Å². The first-order valence-corrected chi connectivity index (χ1v) is 10.3. The Morgan fingerprint density at radius 2 is 2.00 bits per heavy atom. The number of hydrogen-bond donors (Lipinski definition) is 4. The second kappa shape index (κ2) is 7.59. The van der Waals surface area contributed by atoms with Crippen molar-refractivity contribution in [1.82, 2.24) is 25.1 Å². The highest BCUT2D eigenvalue weighted by Crippen LogP contribution is 2.34. The second-order valence-corrected chi connectivity index (χ2v) is 8.01. The molecule has 1 aromatic carbocycles.